The summed E-state index contributed by atoms with van der Waals surface area (Å²) in [6.07, 6.45) is 1.77. The van der Waals surface area contributed by atoms with Gasteiger partial charge < -0.3 is 9.80 Å². The molecular formula is C77H71F3N2. The van der Waals surface area contributed by atoms with E-state index >= 15 is 8.78 Å². The lowest BCUT2D eigenvalue weighted by Crippen LogP contribution is -2.19. The number of nitrogens with zero attached hydrogens (tertiary/aromatic N) is 2. The minimum Gasteiger partial charge on any atom is -0.309 e. The molecule has 10 aromatic rings. The number of halogens is 3. The van der Waals surface area contributed by atoms with E-state index in [0.717, 1.165) is 78.5 Å². The van der Waals surface area contributed by atoms with Gasteiger partial charge in [0.05, 0.1) is 34.1 Å². The molecule has 410 valence electrons. The van der Waals surface area contributed by atoms with Crippen molar-refractivity contribution in [2.45, 2.75) is 127 Å². The molecule has 13 rings (SSSR count). The van der Waals surface area contributed by atoms with E-state index in [1.54, 1.807) is 24.3 Å². The van der Waals surface area contributed by atoms with Crippen molar-refractivity contribution < 1.29 is 13.2 Å². The van der Waals surface area contributed by atoms with E-state index in [1.165, 1.54) is 112 Å². The molecule has 0 N–H and O–H groups in total. The van der Waals surface area contributed by atoms with Gasteiger partial charge in [-0.05, 0) is 269 Å². The third-order valence-corrected chi connectivity index (χ3v) is 20.7. The quantitative estimate of drug-likeness (QED) is 0.157. The van der Waals surface area contributed by atoms with Crippen LogP contribution in [0, 0.1) is 86.7 Å². The van der Waals surface area contributed by atoms with E-state index in [-0.39, 0.29) is 11.2 Å². The zero-order chi connectivity index (χ0) is 58.3. The maximum absolute atomic E-state index is 16.6. The first-order valence-corrected chi connectivity index (χ1v) is 29.0. The smallest absolute Gasteiger partial charge is 0.150 e. The normalized spacial score (nSPS) is 14.6. The number of anilines is 6. The Morgan fingerprint density at radius 2 is 0.671 bits per heavy atom. The van der Waals surface area contributed by atoms with E-state index in [4.69, 9.17) is 0 Å². The Hall–Kier alpha value is -8.15. The Morgan fingerprint density at radius 1 is 0.341 bits per heavy atom. The summed E-state index contributed by atoms with van der Waals surface area (Å²) in [7, 11) is 0. The van der Waals surface area contributed by atoms with Crippen molar-refractivity contribution in [3.63, 3.8) is 0 Å². The van der Waals surface area contributed by atoms with Crippen molar-refractivity contribution in [3.8, 4) is 33.4 Å². The van der Waals surface area contributed by atoms with Gasteiger partial charge in [-0.3, -0.25) is 0 Å². The molecule has 0 unspecified atom stereocenters. The number of rotatable bonds is 7. The predicted molar refractivity (Wildman–Crippen MR) is 341 cm³/mol. The Morgan fingerprint density at radius 3 is 1.07 bits per heavy atom. The fourth-order valence-corrected chi connectivity index (χ4v) is 15.1. The van der Waals surface area contributed by atoms with Crippen LogP contribution in [0.2, 0.25) is 0 Å². The fraction of sp³-hybridized carbons (Fsp3) is 0.247. The highest BCUT2D eigenvalue weighted by molar-refractivity contribution is 6.13. The lowest BCUT2D eigenvalue weighted by atomic mass is 9.78. The highest BCUT2D eigenvalue weighted by atomic mass is 19.1. The molecule has 0 amide bonds. The van der Waals surface area contributed by atoms with Crippen LogP contribution < -0.4 is 9.80 Å². The number of hydrogen-bond acceptors (Lipinski definition) is 2. The van der Waals surface area contributed by atoms with Crippen LogP contribution in [0.3, 0.4) is 0 Å². The zero-order valence-electron chi connectivity index (χ0n) is 50.4. The molecule has 3 aliphatic carbocycles. The van der Waals surface area contributed by atoms with Gasteiger partial charge in [0.1, 0.15) is 17.5 Å². The van der Waals surface area contributed by atoms with Gasteiger partial charge in [-0.1, -0.05) is 103 Å². The van der Waals surface area contributed by atoms with Crippen LogP contribution in [-0.4, -0.2) is 0 Å². The monoisotopic (exact) mass is 1080 g/mol. The lowest BCUT2D eigenvalue weighted by molar-refractivity contribution is 0.584. The van der Waals surface area contributed by atoms with Crippen molar-refractivity contribution in [2.24, 2.45) is 0 Å². The maximum atomic E-state index is 16.6. The molecule has 0 bridgehead atoms. The first-order valence-electron chi connectivity index (χ1n) is 29.0. The van der Waals surface area contributed by atoms with Gasteiger partial charge in [0.2, 0.25) is 0 Å². The average molecular weight is 1080 g/mol. The van der Waals surface area contributed by atoms with E-state index in [2.05, 4.69) is 212 Å². The molecule has 0 aliphatic heterocycles. The molecule has 0 radical (unpaired) electrons. The third kappa shape index (κ3) is 7.07. The van der Waals surface area contributed by atoms with Gasteiger partial charge in [-0.2, -0.15) is 0 Å². The Labute approximate surface area is 482 Å². The molecule has 0 atom stereocenters. The average Bonchev–Trinajstić information content (AvgIpc) is 3.29. The highest BCUT2D eigenvalue weighted by Crippen LogP contribution is 2.63. The first kappa shape index (κ1) is 53.2. The summed E-state index contributed by atoms with van der Waals surface area (Å²) in [4.78, 5) is 4.46. The largest absolute Gasteiger partial charge is 0.309 e. The molecule has 0 aromatic heterocycles. The lowest BCUT2D eigenvalue weighted by Gasteiger charge is -2.34. The summed E-state index contributed by atoms with van der Waals surface area (Å²) in [6.45, 7) is 40.2. The Bertz CT molecular complexity index is 4490. The third-order valence-electron chi connectivity index (χ3n) is 20.7. The molecule has 0 heterocycles. The topological polar surface area (TPSA) is 6.48 Å². The van der Waals surface area contributed by atoms with Crippen molar-refractivity contribution in [1.82, 2.24) is 0 Å². The van der Waals surface area contributed by atoms with Gasteiger partial charge in [-0.25, -0.2) is 13.2 Å². The van der Waals surface area contributed by atoms with Crippen molar-refractivity contribution in [3.05, 3.63) is 240 Å². The van der Waals surface area contributed by atoms with Crippen LogP contribution in [0.25, 0.3) is 61.0 Å². The molecule has 0 saturated heterocycles. The maximum Gasteiger partial charge on any atom is 0.150 e. The van der Waals surface area contributed by atoms with E-state index < -0.39 is 22.5 Å². The molecule has 0 spiro atoms. The van der Waals surface area contributed by atoms with E-state index in [0.29, 0.717) is 5.69 Å². The van der Waals surface area contributed by atoms with Crippen LogP contribution >= 0.6 is 0 Å². The second-order valence-electron chi connectivity index (χ2n) is 25.6. The molecule has 5 heteroatoms. The second-order valence-corrected chi connectivity index (χ2v) is 25.6. The predicted octanol–water partition coefficient (Wildman–Crippen LogP) is 22.0. The first-order chi connectivity index (χ1) is 38.8. The van der Waals surface area contributed by atoms with Crippen LogP contribution in [-0.2, 0) is 16.2 Å². The summed E-state index contributed by atoms with van der Waals surface area (Å²) in [5, 5.41) is 4.39. The van der Waals surface area contributed by atoms with E-state index in [1.807, 2.05) is 6.07 Å². The van der Waals surface area contributed by atoms with Crippen LogP contribution in [0.1, 0.15) is 136 Å². The SMILES string of the molecule is C=Cc1cc(F)ccc1N(c1c(C)c(C)c(C)c(C)c1C)c1cc2c(c3ccccc13)-c1cc3c(cc1C2(C)C)-c1cc2c(cc1C3(C)C)-c1c(cc(N(c3ccc(F)cc3F)c3c(C)c(C)c(C)c(C)c3C)c3ccccc13)C2(C)C. The van der Waals surface area contributed by atoms with Crippen LogP contribution in [0.15, 0.2) is 128 Å². The highest BCUT2D eigenvalue weighted by Gasteiger charge is 2.46. The molecule has 82 heavy (non-hydrogen) atoms. The van der Waals surface area contributed by atoms with Gasteiger partial charge in [-0.15, -0.1) is 0 Å². The second kappa shape index (κ2) is 17.9. The summed E-state index contributed by atoms with van der Waals surface area (Å²) >= 11 is 0. The molecule has 2 nitrogen and oxygen atoms in total. The fourth-order valence-electron chi connectivity index (χ4n) is 15.1. The zero-order valence-corrected chi connectivity index (χ0v) is 50.4. The minimum absolute atomic E-state index is 0.297. The van der Waals surface area contributed by atoms with E-state index in [9.17, 15) is 4.39 Å². The summed E-state index contributed by atoms with van der Waals surface area (Å²) in [5.41, 5.74) is 31.5. The van der Waals surface area contributed by atoms with Crippen molar-refractivity contribution in [1.29, 1.82) is 0 Å². The number of hydrogen-bond donors (Lipinski definition) is 0. The number of benzene rings is 10. The van der Waals surface area contributed by atoms with Crippen LogP contribution in [0.4, 0.5) is 47.3 Å². The Balaban J connectivity index is 1.01. The molecular weight excluding hydrogens is 1010 g/mol. The molecule has 0 saturated carbocycles. The summed E-state index contributed by atoms with van der Waals surface area (Å²) in [6, 6.07) is 41.2. The van der Waals surface area contributed by atoms with Crippen molar-refractivity contribution >= 4 is 61.7 Å². The van der Waals surface area contributed by atoms with Gasteiger partial charge in [0.15, 0.2) is 0 Å². The van der Waals surface area contributed by atoms with Gasteiger partial charge in [0, 0.05) is 38.6 Å². The Kier molecular flexibility index (Phi) is 11.6. The van der Waals surface area contributed by atoms with Gasteiger partial charge in [0.25, 0.3) is 0 Å². The van der Waals surface area contributed by atoms with Crippen molar-refractivity contribution in [2.75, 3.05) is 9.80 Å². The molecule has 0 fully saturated rings. The molecule has 10 aromatic carbocycles. The van der Waals surface area contributed by atoms with Gasteiger partial charge >= 0.3 is 0 Å². The number of fused-ring (bicyclic) bond motifs is 13. The minimum atomic E-state index is -0.614. The molecule has 3 aliphatic rings. The summed E-state index contributed by atoms with van der Waals surface area (Å²) < 4.78 is 46.7. The standard InChI is InChI=1S/C77H71F3N2/c1-18-49-31-50(78)27-29-67(49)81(73-45(8)41(4)39(2)42(5)46(73)9)69-37-64-71(54-25-21-19-23-52(54)69)58-35-60-56(33-62(58)76(64,14)15)57-34-63-59(36-61(57)75(60,12)13)72-55-26-22-20-24-53(55)70(38-65(72)77(63,16)17)82(68-30-28-51(79)32-66(68)80)74-47(10)43(6)40(3)44(7)48(74)11/h18-38H,1H2,2-17H3. The van der Waals surface area contributed by atoms with Crippen LogP contribution in [0.5, 0.6) is 0 Å². The summed E-state index contributed by atoms with van der Waals surface area (Å²) in [5.74, 6) is -1.52.